The van der Waals surface area contributed by atoms with Gasteiger partial charge in [0.05, 0.1) is 4.88 Å². The van der Waals surface area contributed by atoms with E-state index in [1.807, 2.05) is 65.0 Å². The van der Waals surface area contributed by atoms with Gasteiger partial charge < -0.3 is 20.9 Å². The van der Waals surface area contributed by atoms with Gasteiger partial charge in [0.2, 0.25) is 0 Å². The first-order valence-corrected chi connectivity index (χ1v) is 11.2. The van der Waals surface area contributed by atoms with E-state index in [9.17, 15) is 4.79 Å². The maximum absolute atomic E-state index is 13.2. The molecule has 1 atom stereocenters. The zero-order chi connectivity index (χ0) is 20.6. The Bertz CT molecular complexity index is 767. The van der Waals surface area contributed by atoms with E-state index < -0.39 is 6.17 Å². The van der Waals surface area contributed by atoms with Crippen LogP contribution in [0.4, 0.5) is 5.69 Å². The first-order chi connectivity index (χ1) is 14.0. The number of hydrogen-bond acceptors (Lipinski definition) is 5. The molecule has 5 nitrogen and oxygen atoms in total. The predicted octanol–water partition coefficient (Wildman–Crippen LogP) is 4.22. The largest absolute Gasteiger partial charge is 0.362 e. The van der Waals surface area contributed by atoms with Crippen molar-refractivity contribution in [1.82, 2.24) is 9.80 Å². The number of piperidine rings is 1. The molecule has 1 unspecified atom stereocenters. The van der Waals surface area contributed by atoms with Crippen LogP contribution in [0.25, 0.3) is 0 Å². The standard InChI is InChI=1S/C23H32N4OS/c1-18(2)17-26-14-11-20(12-15-26)27(23(28)21-9-6-16-29-21)22(24)10-13-25-19-7-4-3-5-8-19/h3-10,13,16,18,20,22,25H,11-12,14-15,17,24H2,1-2H3/b13-10-. The average Bonchev–Trinajstić information content (AvgIpc) is 3.25. The van der Waals surface area contributed by atoms with Crippen LogP contribution in [-0.2, 0) is 0 Å². The summed E-state index contributed by atoms with van der Waals surface area (Å²) in [4.78, 5) is 18.3. The lowest BCUT2D eigenvalue weighted by molar-refractivity contribution is 0.0497. The molecule has 1 saturated heterocycles. The molecule has 156 valence electrons. The van der Waals surface area contributed by atoms with Crippen molar-refractivity contribution in [2.75, 3.05) is 25.0 Å². The quantitative estimate of drug-likeness (QED) is 0.637. The second kappa shape index (κ2) is 10.6. The number of nitrogens with two attached hydrogens (primary N) is 1. The molecule has 2 heterocycles. The number of nitrogens with one attached hydrogen (secondary N) is 1. The highest BCUT2D eigenvalue weighted by Gasteiger charge is 2.31. The van der Waals surface area contributed by atoms with Gasteiger partial charge in [0.15, 0.2) is 0 Å². The molecule has 0 saturated carbocycles. The van der Waals surface area contributed by atoms with E-state index in [0.717, 1.165) is 43.0 Å². The molecule has 6 heteroatoms. The Kier molecular flexibility index (Phi) is 7.86. The van der Waals surface area contributed by atoms with Crippen LogP contribution in [0.5, 0.6) is 0 Å². The van der Waals surface area contributed by atoms with E-state index in [1.165, 1.54) is 11.3 Å². The molecule has 1 aromatic heterocycles. The van der Waals surface area contributed by atoms with Crippen LogP contribution in [0.15, 0.2) is 60.1 Å². The summed E-state index contributed by atoms with van der Waals surface area (Å²) in [5, 5.41) is 5.17. The Morgan fingerprint density at radius 3 is 2.59 bits per heavy atom. The number of carbonyl (C=O) groups is 1. The Hall–Kier alpha value is -2.15. The van der Waals surface area contributed by atoms with Crippen LogP contribution in [0.3, 0.4) is 0 Å². The lowest BCUT2D eigenvalue weighted by Gasteiger charge is -2.40. The Labute approximate surface area is 178 Å². The molecule has 3 N–H and O–H groups in total. The summed E-state index contributed by atoms with van der Waals surface area (Å²) in [5.41, 5.74) is 7.50. The van der Waals surface area contributed by atoms with Gasteiger partial charge in [-0.25, -0.2) is 0 Å². The van der Waals surface area contributed by atoms with Crippen molar-refractivity contribution in [1.29, 1.82) is 0 Å². The number of carbonyl (C=O) groups excluding carboxylic acids is 1. The highest BCUT2D eigenvalue weighted by atomic mass is 32.1. The number of hydrogen-bond donors (Lipinski definition) is 2. The minimum atomic E-state index is -0.470. The minimum Gasteiger partial charge on any atom is -0.362 e. The van der Waals surface area contributed by atoms with E-state index in [-0.39, 0.29) is 11.9 Å². The SMILES string of the molecule is CC(C)CN1CCC(N(C(=O)c2cccs2)C(N)/C=C\Nc2ccccc2)CC1. The Balaban J connectivity index is 1.68. The van der Waals surface area contributed by atoms with Gasteiger partial charge >= 0.3 is 0 Å². The van der Waals surface area contributed by atoms with Crippen LogP contribution in [0, 0.1) is 5.92 Å². The highest BCUT2D eigenvalue weighted by Crippen LogP contribution is 2.23. The van der Waals surface area contributed by atoms with E-state index in [1.54, 1.807) is 0 Å². The first kappa shape index (κ1) is 21.6. The Morgan fingerprint density at radius 2 is 1.97 bits per heavy atom. The number of nitrogens with zero attached hydrogens (tertiary/aromatic N) is 2. The fraction of sp³-hybridized carbons (Fsp3) is 0.435. The van der Waals surface area contributed by atoms with Crippen LogP contribution < -0.4 is 11.1 Å². The molecule has 2 aromatic rings. The molecule has 3 rings (SSSR count). The number of para-hydroxylation sites is 1. The molecule has 29 heavy (non-hydrogen) atoms. The summed E-state index contributed by atoms with van der Waals surface area (Å²) in [6.07, 6.45) is 5.15. The van der Waals surface area contributed by atoms with Crippen LogP contribution in [-0.4, -0.2) is 47.5 Å². The van der Waals surface area contributed by atoms with Crippen LogP contribution in [0.2, 0.25) is 0 Å². The third-order valence-electron chi connectivity index (χ3n) is 5.18. The zero-order valence-electron chi connectivity index (χ0n) is 17.3. The summed E-state index contributed by atoms with van der Waals surface area (Å²) in [5.74, 6) is 0.684. The fourth-order valence-corrected chi connectivity index (χ4v) is 4.51. The fourth-order valence-electron chi connectivity index (χ4n) is 3.84. The van der Waals surface area contributed by atoms with Gasteiger partial charge in [0.1, 0.15) is 6.17 Å². The molecule has 0 spiro atoms. The molecule has 1 amide bonds. The monoisotopic (exact) mass is 412 g/mol. The molecule has 1 aliphatic heterocycles. The Morgan fingerprint density at radius 1 is 1.24 bits per heavy atom. The minimum absolute atomic E-state index is 0.0270. The average molecular weight is 413 g/mol. The van der Waals surface area contributed by atoms with Gasteiger partial charge in [-0.05, 0) is 48.4 Å². The van der Waals surface area contributed by atoms with Crippen molar-refractivity contribution in [3.63, 3.8) is 0 Å². The number of likely N-dealkylation sites (tertiary alicyclic amines) is 1. The summed E-state index contributed by atoms with van der Waals surface area (Å²) < 4.78 is 0. The number of benzene rings is 1. The maximum atomic E-state index is 13.2. The van der Waals surface area contributed by atoms with Gasteiger partial charge in [-0.3, -0.25) is 4.79 Å². The van der Waals surface area contributed by atoms with Crippen molar-refractivity contribution in [3.8, 4) is 0 Å². The highest BCUT2D eigenvalue weighted by molar-refractivity contribution is 7.12. The number of anilines is 1. The van der Waals surface area contributed by atoms with E-state index >= 15 is 0 Å². The van der Waals surface area contributed by atoms with Gasteiger partial charge in [-0.2, -0.15) is 0 Å². The molecule has 1 aliphatic rings. The third kappa shape index (κ3) is 6.16. The second-order valence-corrected chi connectivity index (χ2v) is 8.92. The van der Waals surface area contributed by atoms with Crippen LogP contribution in [0.1, 0.15) is 36.4 Å². The van der Waals surface area contributed by atoms with Crippen molar-refractivity contribution in [2.45, 2.75) is 38.9 Å². The number of amides is 1. The maximum Gasteiger partial charge on any atom is 0.265 e. The molecular weight excluding hydrogens is 380 g/mol. The number of thiophene rings is 1. The van der Waals surface area contributed by atoms with Gasteiger partial charge in [-0.1, -0.05) is 38.1 Å². The molecule has 1 fully saturated rings. The first-order valence-electron chi connectivity index (χ1n) is 10.4. The summed E-state index contributed by atoms with van der Waals surface area (Å²) >= 11 is 1.47. The van der Waals surface area contributed by atoms with Crippen molar-refractivity contribution < 1.29 is 4.79 Å². The zero-order valence-corrected chi connectivity index (χ0v) is 18.1. The third-order valence-corrected chi connectivity index (χ3v) is 6.04. The van der Waals surface area contributed by atoms with Gasteiger partial charge in [0.25, 0.3) is 5.91 Å². The molecule has 0 radical (unpaired) electrons. The van der Waals surface area contributed by atoms with E-state index in [4.69, 9.17) is 5.73 Å². The van der Waals surface area contributed by atoms with Crippen LogP contribution >= 0.6 is 11.3 Å². The topological polar surface area (TPSA) is 61.6 Å². The lowest BCUT2D eigenvalue weighted by Crippen LogP contribution is -2.54. The summed E-state index contributed by atoms with van der Waals surface area (Å²) in [6, 6.07) is 13.9. The summed E-state index contributed by atoms with van der Waals surface area (Å²) in [6.45, 7) is 7.63. The van der Waals surface area contributed by atoms with Gasteiger partial charge in [-0.15, -0.1) is 11.3 Å². The van der Waals surface area contributed by atoms with Crippen molar-refractivity contribution in [3.05, 3.63) is 65.0 Å². The molecular formula is C23H32N4OS. The second-order valence-electron chi connectivity index (χ2n) is 7.98. The lowest BCUT2D eigenvalue weighted by atomic mass is 10.0. The smallest absolute Gasteiger partial charge is 0.265 e. The number of rotatable bonds is 8. The molecule has 1 aromatic carbocycles. The summed E-state index contributed by atoms with van der Waals surface area (Å²) in [7, 11) is 0. The van der Waals surface area contributed by atoms with E-state index in [0.29, 0.717) is 5.92 Å². The normalized spacial score (nSPS) is 17.0. The van der Waals surface area contributed by atoms with Crippen molar-refractivity contribution >= 4 is 22.9 Å². The van der Waals surface area contributed by atoms with Crippen molar-refractivity contribution in [2.24, 2.45) is 11.7 Å². The molecule has 0 aliphatic carbocycles. The predicted molar refractivity (Wildman–Crippen MR) is 122 cm³/mol. The van der Waals surface area contributed by atoms with Gasteiger partial charge in [0, 0.05) is 37.6 Å². The molecule has 0 bridgehead atoms. The van der Waals surface area contributed by atoms with E-state index in [2.05, 4.69) is 24.1 Å².